The van der Waals surface area contributed by atoms with Gasteiger partial charge in [-0.25, -0.2) is 0 Å². The van der Waals surface area contributed by atoms with Gasteiger partial charge < -0.3 is 4.74 Å². The fourth-order valence-electron chi connectivity index (χ4n) is 2.65. The Morgan fingerprint density at radius 1 is 1.12 bits per heavy atom. The van der Waals surface area contributed by atoms with Crippen LogP contribution in [0, 0.1) is 0 Å². The summed E-state index contributed by atoms with van der Waals surface area (Å²) < 4.78 is 5.15. The van der Waals surface area contributed by atoms with Gasteiger partial charge in [0.2, 0.25) is 0 Å². The van der Waals surface area contributed by atoms with E-state index in [2.05, 4.69) is 30.8 Å². The zero-order valence-corrected chi connectivity index (χ0v) is 10.5. The molecule has 0 amide bonds. The van der Waals surface area contributed by atoms with Gasteiger partial charge in [-0.1, -0.05) is 50.1 Å². The fraction of sp³-hybridized carbons (Fsp3) is 0.500. The average Bonchev–Trinajstić information content (AvgIpc) is 2.41. The third-order valence-electron chi connectivity index (χ3n) is 3.68. The summed E-state index contributed by atoms with van der Waals surface area (Å²) in [6, 6.07) is 9.10. The first-order valence-electron chi connectivity index (χ1n) is 6.71. The second kappa shape index (κ2) is 6.48. The third-order valence-corrected chi connectivity index (χ3v) is 3.68. The molecule has 0 saturated heterocycles. The van der Waals surface area contributed by atoms with Crippen LogP contribution in [0.3, 0.4) is 0 Å². The van der Waals surface area contributed by atoms with Crippen LogP contribution in [-0.2, 0) is 11.2 Å². The monoisotopic (exact) mass is 230 g/mol. The molecule has 0 aromatic heterocycles. The van der Waals surface area contributed by atoms with Crippen molar-refractivity contribution in [3.8, 4) is 0 Å². The van der Waals surface area contributed by atoms with E-state index in [1.807, 2.05) is 0 Å². The summed E-state index contributed by atoms with van der Waals surface area (Å²) in [6.07, 6.45) is 9.46. The van der Waals surface area contributed by atoms with Crippen LogP contribution in [0.15, 0.2) is 37.1 Å². The fourth-order valence-corrected chi connectivity index (χ4v) is 2.65. The van der Waals surface area contributed by atoms with Crippen LogP contribution in [-0.4, -0.2) is 6.61 Å². The van der Waals surface area contributed by atoms with Crippen molar-refractivity contribution in [2.24, 2.45) is 0 Å². The van der Waals surface area contributed by atoms with Gasteiger partial charge in [0.05, 0.1) is 12.9 Å². The molecule has 1 nitrogen and oxygen atoms in total. The van der Waals surface area contributed by atoms with Crippen LogP contribution in [0.25, 0.3) is 0 Å². The molecule has 1 aromatic rings. The molecule has 1 fully saturated rings. The Balaban J connectivity index is 1.90. The van der Waals surface area contributed by atoms with Crippen LogP contribution in [0.4, 0.5) is 0 Å². The van der Waals surface area contributed by atoms with Crippen molar-refractivity contribution in [1.29, 1.82) is 0 Å². The van der Waals surface area contributed by atoms with E-state index >= 15 is 0 Å². The molecule has 92 valence electrons. The minimum absolute atomic E-state index is 0.728. The van der Waals surface area contributed by atoms with Crippen molar-refractivity contribution in [3.05, 3.63) is 48.2 Å². The number of hydrogen-bond donors (Lipinski definition) is 0. The largest absolute Gasteiger partial charge is 0.501 e. The summed E-state index contributed by atoms with van der Waals surface area (Å²) in [7, 11) is 0. The van der Waals surface area contributed by atoms with Crippen molar-refractivity contribution >= 4 is 0 Å². The Morgan fingerprint density at radius 2 is 1.82 bits per heavy atom. The van der Waals surface area contributed by atoms with Gasteiger partial charge in [-0.15, -0.1) is 0 Å². The van der Waals surface area contributed by atoms with Crippen LogP contribution >= 0.6 is 0 Å². The second-order valence-electron chi connectivity index (χ2n) is 4.86. The lowest BCUT2D eigenvalue weighted by molar-refractivity contribution is 0.255. The molecule has 1 saturated carbocycles. The molecule has 1 aliphatic carbocycles. The molecule has 0 spiro atoms. The van der Waals surface area contributed by atoms with Gasteiger partial charge in [0.1, 0.15) is 0 Å². The lowest BCUT2D eigenvalue weighted by Crippen LogP contribution is -2.04. The Labute approximate surface area is 104 Å². The maximum atomic E-state index is 5.15. The summed E-state index contributed by atoms with van der Waals surface area (Å²) in [5.41, 5.74) is 2.88. The molecule has 0 unspecified atom stereocenters. The first kappa shape index (κ1) is 12.2. The van der Waals surface area contributed by atoms with Crippen molar-refractivity contribution in [2.75, 3.05) is 6.61 Å². The lowest BCUT2D eigenvalue weighted by Gasteiger charge is -2.22. The predicted octanol–water partition coefficient (Wildman–Crippen LogP) is 4.44. The molecule has 1 aliphatic rings. The summed E-state index contributed by atoms with van der Waals surface area (Å²) >= 11 is 0. The molecule has 0 aliphatic heterocycles. The molecule has 0 bridgehead atoms. The number of hydrogen-bond acceptors (Lipinski definition) is 1. The molecule has 2 rings (SSSR count). The maximum Gasteiger partial charge on any atom is 0.0913 e. The molecule has 0 N–H and O–H groups in total. The van der Waals surface area contributed by atoms with E-state index in [0.717, 1.165) is 18.9 Å². The van der Waals surface area contributed by atoms with Crippen LogP contribution < -0.4 is 0 Å². The molecule has 1 heteroatoms. The molecule has 0 radical (unpaired) electrons. The first-order valence-corrected chi connectivity index (χ1v) is 6.71. The molecular formula is C16H22O. The van der Waals surface area contributed by atoms with Gasteiger partial charge in [0.15, 0.2) is 0 Å². The van der Waals surface area contributed by atoms with Gasteiger partial charge in [-0.05, 0) is 29.9 Å². The van der Waals surface area contributed by atoms with Crippen LogP contribution in [0.2, 0.25) is 0 Å². The SMILES string of the molecule is C=COCCc1ccc(C2CCCCC2)cc1. The Hall–Kier alpha value is -1.24. The van der Waals surface area contributed by atoms with E-state index in [1.54, 1.807) is 0 Å². The molecule has 0 heterocycles. The minimum atomic E-state index is 0.728. The summed E-state index contributed by atoms with van der Waals surface area (Å²) in [5.74, 6) is 0.808. The van der Waals surface area contributed by atoms with Gasteiger partial charge in [0, 0.05) is 6.42 Å². The normalized spacial score (nSPS) is 16.7. The van der Waals surface area contributed by atoms with Crippen molar-refractivity contribution in [3.63, 3.8) is 0 Å². The molecule has 17 heavy (non-hydrogen) atoms. The average molecular weight is 230 g/mol. The summed E-state index contributed by atoms with van der Waals surface area (Å²) in [4.78, 5) is 0. The van der Waals surface area contributed by atoms with E-state index in [0.29, 0.717) is 0 Å². The molecule has 1 aromatic carbocycles. The standard InChI is InChI=1S/C16H22O/c1-2-17-13-12-14-8-10-16(11-9-14)15-6-4-3-5-7-15/h2,8-11,15H,1,3-7,12-13H2. The van der Waals surface area contributed by atoms with E-state index in [-0.39, 0.29) is 0 Å². The zero-order valence-electron chi connectivity index (χ0n) is 10.5. The van der Waals surface area contributed by atoms with Gasteiger partial charge >= 0.3 is 0 Å². The topological polar surface area (TPSA) is 9.23 Å². The highest BCUT2D eigenvalue weighted by Gasteiger charge is 2.14. The van der Waals surface area contributed by atoms with Crippen LogP contribution in [0.5, 0.6) is 0 Å². The van der Waals surface area contributed by atoms with E-state index in [4.69, 9.17) is 4.74 Å². The van der Waals surface area contributed by atoms with Gasteiger partial charge in [0.25, 0.3) is 0 Å². The smallest absolute Gasteiger partial charge is 0.0913 e. The van der Waals surface area contributed by atoms with E-state index < -0.39 is 0 Å². The second-order valence-corrected chi connectivity index (χ2v) is 4.86. The van der Waals surface area contributed by atoms with Gasteiger partial charge in [-0.2, -0.15) is 0 Å². The third kappa shape index (κ3) is 3.62. The first-order chi connectivity index (χ1) is 8.40. The summed E-state index contributed by atoms with van der Waals surface area (Å²) in [6.45, 7) is 4.27. The highest BCUT2D eigenvalue weighted by atomic mass is 16.5. The molecular weight excluding hydrogens is 208 g/mol. The molecule has 0 atom stereocenters. The Bertz CT molecular complexity index is 333. The quantitative estimate of drug-likeness (QED) is 0.537. The zero-order chi connectivity index (χ0) is 11.9. The number of benzene rings is 1. The maximum absolute atomic E-state index is 5.15. The number of rotatable bonds is 5. The van der Waals surface area contributed by atoms with E-state index in [9.17, 15) is 0 Å². The minimum Gasteiger partial charge on any atom is -0.501 e. The summed E-state index contributed by atoms with van der Waals surface area (Å²) in [5, 5.41) is 0. The highest BCUT2D eigenvalue weighted by molar-refractivity contribution is 5.25. The van der Waals surface area contributed by atoms with Gasteiger partial charge in [-0.3, -0.25) is 0 Å². The number of ether oxygens (including phenoxy) is 1. The Kier molecular flexibility index (Phi) is 4.66. The van der Waals surface area contributed by atoms with E-state index in [1.165, 1.54) is 49.5 Å². The Morgan fingerprint density at radius 3 is 2.47 bits per heavy atom. The van der Waals surface area contributed by atoms with Crippen molar-refractivity contribution < 1.29 is 4.74 Å². The van der Waals surface area contributed by atoms with Crippen molar-refractivity contribution in [1.82, 2.24) is 0 Å². The van der Waals surface area contributed by atoms with Crippen LogP contribution in [0.1, 0.15) is 49.1 Å². The predicted molar refractivity (Wildman–Crippen MR) is 72.1 cm³/mol. The lowest BCUT2D eigenvalue weighted by atomic mass is 9.84. The highest BCUT2D eigenvalue weighted by Crippen LogP contribution is 2.32. The van der Waals surface area contributed by atoms with Crippen molar-refractivity contribution in [2.45, 2.75) is 44.4 Å².